The molecule has 1 unspecified atom stereocenters. The number of rotatable bonds is 2. The van der Waals surface area contributed by atoms with Crippen molar-refractivity contribution in [3.8, 4) is 22.6 Å². The molecule has 1 aliphatic heterocycles. The fourth-order valence-corrected chi connectivity index (χ4v) is 4.39. The van der Waals surface area contributed by atoms with Gasteiger partial charge in [0.05, 0.1) is 5.30 Å². The molecule has 2 nitrogen and oxygen atoms in total. The van der Waals surface area contributed by atoms with Crippen LogP contribution in [0, 0.1) is 13.8 Å². The molecule has 0 amide bonds. The summed E-state index contributed by atoms with van der Waals surface area (Å²) in [5.41, 5.74) is 4.72. The summed E-state index contributed by atoms with van der Waals surface area (Å²) >= 11 is 0. The molecular formula is C20H17O2P. The van der Waals surface area contributed by atoms with Gasteiger partial charge in [-0.1, -0.05) is 42.5 Å². The van der Waals surface area contributed by atoms with E-state index in [2.05, 4.69) is 56.3 Å². The number of fused-ring (bicyclic) bond motifs is 3. The van der Waals surface area contributed by atoms with E-state index in [9.17, 15) is 0 Å². The molecule has 3 aromatic carbocycles. The Bertz CT molecular complexity index is 853. The maximum Gasteiger partial charge on any atom is 0.326 e. The molecular weight excluding hydrogens is 303 g/mol. The fraction of sp³-hybridized carbons (Fsp3) is 0.100. The van der Waals surface area contributed by atoms with Gasteiger partial charge in [0.2, 0.25) is 0 Å². The van der Waals surface area contributed by atoms with E-state index < -0.39 is 8.38 Å². The van der Waals surface area contributed by atoms with Crippen molar-refractivity contribution in [2.24, 2.45) is 0 Å². The van der Waals surface area contributed by atoms with Crippen LogP contribution in [0.1, 0.15) is 11.1 Å². The molecule has 1 aliphatic rings. The van der Waals surface area contributed by atoms with Gasteiger partial charge in [0.1, 0.15) is 11.5 Å². The summed E-state index contributed by atoms with van der Waals surface area (Å²) in [5, 5.41) is 1.13. The second-order valence-corrected chi connectivity index (χ2v) is 7.14. The third kappa shape index (κ3) is 2.71. The first-order chi connectivity index (χ1) is 11.2. The Balaban J connectivity index is 1.76. The van der Waals surface area contributed by atoms with Gasteiger partial charge in [-0.25, -0.2) is 0 Å². The summed E-state index contributed by atoms with van der Waals surface area (Å²) in [6.07, 6.45) is 0. The second-order valence-electron chi connectivity index (χ2n) is 5.78. The van der Waals surface area contributed by atoms with Crippen LogP contribution in [-0.2, 0) is 0 Å². The summed E-state index contributed by atoms with van der Waals surface area (Å²) < 4.78 is 12.4. The molecule has 1 heterocycles. The maximum absolute atomic E-state index is 6.24. The van der Waals surface area contributed by atoms with Gasteiger partial charge in [0.15, 0.2) is 0 Å². The average molecular weight is 320 g/mol. The van der Waals surface area contributed by atoms with E-state index in [1.165, 1.54) is 16.7 Å². The maximum atomic E-state index is 6.24. The minimum Gasteiger partial charge on any atom is -0.435 e. The van der Waals surface area contributed by atoms with Crippen molar-refractivity contribution in [3.05, 3.63) is 77.9 Å². The molecule has 0 bridgehead atoms. The van der Waals surface area contributed by atoms with Crippen molar-refractivity contribution in [1.29, 1.82) is 0 Å². The predicted molar refractivity (Wildman–Crippen MR) is 95.6 cm³/mol. The first-order valence-electron chi connectivity index (χ1n) is 7.63. The smallest absolute Gasteiger partial charge is 0.326 e. The number of benzene rings is 3. The van der Waals surface area contributed by atoms with Crippen molar-refractivity contribution in [3.63, 3.8) is 0 Å². The van der Waals surface area contributed by atoms with Crippen LogP contribution in [0.25, 0.3) is 11.1 Å². The standard InChI is InChI=1S/C20H17O2P/c1-14-11-15(2)13-16(12-14)21-23-20-10-6-4-8-18(20)17-7-3-5-9-19(17)22-23/h3-13H,1-2H3. The van der Waals surface area contributed by atoms with Crippen molar-refractivity contribution in [1.82, 2.24) is 0 Å². The minimum absolute atomic E-state index is 0.864. The first-order valence-corrected chi connectivity index (χ1v) is 8.81. The summed E-state index contributed by atoms with van der Waals surface area (Å²) in [6.45, 7) is 4.16. The van der Waals surface area contributed by atoms with Crippen molar-refractivity contribution >= 4 is 13.7 Å². The number of aryl methyl sites for hydroxylation is 2. The van der Waals surface area contributed by atoms with E-state index in [-0.39, 0.29) is 0 Å². The summed E-state index contributed by atoms with van der Waals surface area (Å²) in [6, 6.07) is 22.7. The number of hydrogen-bond acceptors (Lipinski definition) is 2. The van der Waals surface area contributed by atoms with Gasteiger partial charge in [-0.15, -0.1) is 0 Å². The Labute approximate surface area is 137 Å². The molecule has 0 radical (unpaired) electrons. The van der Waals surface area contributed by atoms with Crippen LogP contribution < -0.4 is 14.4 Å². The van der Waals surface area contributed by atoms with E-state index in [1.54, 1.807) is 0 Å². The molecule has 0 saturated heterocycles. The molecule has 0 saturated carbocycles. The average Bonchev–Trinajstić information content (AvgIpc) is 2.54. The molecule has 23 heavy (non-hydrogen) atoms. The molecule has 0 aliphatic carbocycles. The number of hydrogen-bond donors (Lipinski definition) is 0. The molecule has 4 rings (SSSR count). The lowest BCUT2D eigenvalue weighted by Gasteiger charge is -2.27. The second kappa shape index (κ2) is 5.72. The van der Waals surface area contributed by atoms with Crippen LogP contribution in [0.2, 0.25) is 0 Å². The quantitative estimate of drug-likeness (QED) is 0.590. The van der Waals surface area contributed by atoms with Crippen LogP contribution in [0.5, 0.6) is 11.5 Å². The zero-order valence-electron chi connectivity index (χ0n) is 13.1. The van der Waals surface area contributed by atoms with Crippen molar-refractivity contribution in [2.45, 2.75) is 13.8 Å². The van der Waals surface area contributed by atoms with E-state index in [0.717, 1.165) is 22.4 Å². The molecule has 0 aromatic heterocycles. The van der Waals surface area contributed by atoms with Gasteiger partial charge < -0.3 is 9.05 Å². The van der Waals surface area contributed by atoms with Crippen LogP contribution in [-0.4, -0.2) is 0 Å². The molecule has 1 atom stereocenters. The van der Waals surface area contributed by atoms with Gasteiger partial charge in [-0.3, -0.25) is 0 Å². The highest BCUT2D eigenvalue weighted by Crippen LogP contribution is 2.49. The number of para-hydroxylation sites is 1. The molecule has 114 valence electrons. The largest absolute Gasteiger partial charge is 0.435 e. The third-order valence-corrected chi connectivity index (χ3v) is 5.37. The molecule has 0 N–H and O–H groups in total. The zero-order valence-corrected chi connectivity index (χ0v) is 14.0. The summed E-state index contributed by atoms with van der Waals surface area (Å²) in [7, 11) is -1.18. The van der Waals surface area contributed by atoms with E-state index in [1.807, 2.05) is 24.3 Å². The molecule has 0 spiro atoms. The Morgan fingerprint density at radius 2 is 1.43 bits per heavy atom. The van der Waals surface area contributed by atoms with E-state index in [4.69, 9.17) is 9.05 Å². The predicted octanol–water partition coefficient (Wildman–Crippen LogP) is 5.38. The highest BCUT2D eigenvalue weighted by Gasteiger charge is 2.28. The van der Waals surface area contributed by atoms with Crippen LogP contribution in [0.4, 0.5) is 0 Å². The lowest BCUT2D eigenvalue weighted by atomic mass is 10.0. The Morgan fingerprint density at radius 3 is 2.22 bits per heavy atom. The van der Waals surface area contributed by atoms with E-state index >= 15 is 0 Å². The molecule has 3 heteroatoms. The van der Waals surface area contributed by atoms with Gasteiger partial charge in [0.25, 0.3) is 0 Å². The Hall–Kier alpha value is -2.31. The van der Waals surface area contributed by atoms with E-state index in [0.29, 0.717) is 0 Å². The topological polar surface area (TPSA) is 18.5 Å². The zero-order chi connectivity index (χ0) is 15.8. The third-order valence-electron chi connectivity index (χ3n) is 3.84. The summed E-state index contributed by atoms with van der Waals surface area (Å²) in [4.78, 5) is 0. The monoisotopic (exact) mass is 320 g/mol. The SMILES string of the molecule is Cc1cc(C)cc(OP2Oc3ccccc3-c3ccccc32)c1. The first kappa shape index (κ1) is 14.3. The summed E-state index contributed by atoms with van der Waals surface area (Å²) in [5.74, 6) is 1.75. The normalized spacial score (nSPS) is 15.3. The van der Waals surface area contributed by atoms with Gasteiger partial charge in [-0.2, -0.15) is 0 Å². The fourth-order valence-electron chi connectivity index (χ4n) is 2.92. The van der Waals surface area contributed by atoms with Gasteiger partial charge in [-0.05, 0) is 54.8 Å². The van der Waals surface area contributed by atoms with Crippen LogP contribution in [0.3, 0.4) is 0 Å². The highest BCUT2D eigenvalue weighted by molar-refractivity contribution is 7.57. The van der Waals surface area contributed by atoms with Crippen molar-refractivity contribution in [2.75, 3.05) is 0 Å². The van der Waals surface area contributed by atoms with Crippen LogP contribution in [0.15, 0.2) is 66.7 Å². The lowest BCUT2D eigenvalue weighted by Crippen LogP contribution is -2.17. The molecule has 0 fully saturated rings. The van der Waals surface area contributed by atoms with Crippen molar-refractivity contribution < 1.29 is 9.05 Å². The van der Waals surface area contributed by atoms with Gasteiger partial charge in [0, 0.05) is 5.56 Å². The highest BCUT2D eigenvalue weighted by atomic mass is 31.2. The van der Waals surface area contributed by atoms with Gasteiger partial charge >= 0.3 is 8.38 Å². The Morgan fingerprint density at radius 1 is 0.783 bits per heavy atom. The molecule has 3 aromatic rings. The van der Waals surface area contributed by atoms with Crippen LogP contribution >= 0.6 is 8.38 Å². The Kier molecular flexibility index (Phi) is 3.55. The lowest BCUT2D eigenvalue weighted by molar-refractivity contribution is 0.500. The minimum atomic E-state index is -1.18.